The van der Waals surface area contributed by atoms with Crippen LogP contribution in [0, 0.1) is 0 Å². The van der Waals surface area contributed by atoms with Crippen LogP contribution in [0.4, 0.5) is 5.69 Å². The summed E-state index contributed by atoms with van der Waals surface area (Å²) >= 11 is 0. The summed E-state index contributed by atoms with van der Waals surface area (Å²) in [6.45, 7) is 6.19. The lowest BCUT2D eigenvalue weighted by atomic mass is 9.84. The van der Waals surface area contributed by atoms with Gasteiger partial charge in [-0.2, -0.15) is 0 Å². The molecule has 0 radical (unpaired) electrons. The van der Waals surface area contributed by atoms with E-state index >= 15 is 0 Å². The molecule has 4 nitrogen and oxygen atoms in total. The van der Waals surface area contributed by atoms with Crippen LogP contribution < -0.4 is 14.4 Å². The Labute approximate surface area is 127 Å². The molecule has 1 heterocycles. The second kappa shape index (κ2) is 6.56. The van der Waals surface area contributed by atoms with Crippen molar-refractivity contribution >= 4 is 5.69 Å². The van der Waals surface area contributed by atoms with Gasteiger partial charge in [-0.05, 0) is 25.3 Å². The van der Waals surface area contributed by atoms with E-state index in [0.717, 1.165) is 35.8 Å². The average molecular weight is 293 g/mol. The summed E-state index contributed by atoms with van der Waals surface area (Å²) in [5.74, 6) is 1.67. The van der Waals surface area contributed by atoms with E-state index in [4.69, 9.17) is 9.47 Å². The summed E-state index contributed by atoms with van der Waals surface area (Å²) in [5.41, 5.74) is 1.70. The zero-order chi connectivity index (χ0) is 15.5. The van der Waals surface area contributed by atoms with Crippen molar-refractivity contribution in [2.45, 2.75) is 38.5 Å². The van der Waals surface area contributed by atoms with Gasteiger partial charge in [-0.3, -0.25) is 0 Å². The van der Waals surface area contributed by atoms with Gasteiger partial charge in [-0.25, -0.2) is 0 Å². The Hall–Kier alpha value is -1.42. The van der Waals surface area contributed by atoms with Gasteiger partial charge in [-0.1, -0.05) is 13.8 Å². The number of ether oxygens (including phenoxy) is 2. The van der Waals surface area contributed by atoms with Crippen molar-refractivity contribution in [1.29, 1.82) is 0 Å². The zero-order valence-corrected chi connectivity index (χ0v) is 13.6. The van der Waals surface area contributed by atoms with Crippen molar-refractivity contribution in [2.24, 2.45) is 0 Å². The van der Waals surface area contributed by atoms with Gasteiger partial charge >= 0.3 is 0 Å². The molecule has 0 bridgehead atoms. The van der Waals surface area contributed by atoms with Gasteiger partial charge in [0.15, 0.2) is 0 Å². The van der Waals surface area contributed by atoms with Crippen molar-refractivity contribution in [2.75, 3.05) is 38.8 Å². The lowest BCUT2D eigenvalue weighted by molar-refractivity contribution is 0.214. The maximum atomic E-state index is 9.64. The number of hydrogen-bond acceptors (Lipinski definition) is 4. The van der Waals surface area contributed by atoms with E-state index < -0.39 is 0 Å². The molecule has 0 amide bonds. The summed E-state index contributed by atoms with van der Waals surface area (Å²) in [4.78, 5) is 2.36. The Bertz CT molecular complexity index is 479. The van der Waals surface area contributed by atoms with E-state index in [1.165, 1.54) is 19.3 Å². The van der Waals surface area contributed by atoms with E-state index in [9.17, 15) is 5.11 Å². The molecule has 0 aromatic heterocycles. The predicted molar refractivity (Wildman–Crippen MR) is 85.7 cm³/mol. The summed E-state index contributed by atoms with van der Waals surface area (Å²) in [6, 6.07) is 4.07. The first-order valence-electron chi connectivity index (χ1n) is 7.66. The molecule has 1 aliphatic heterocycles. The number of nitrogens with zero attached hydrogens (tertiary/aromatic N) is 1. The Morgan fingerprint density at radius 3 is 2.19 bits per heavy atom. The standard InChI is InChI=1S/C17H27NO3/c1-17(2,12-19)13-10-16(21-4)14(11-15(13)20-3)18-8-6-5-7-9-18/h10-11,19H,5-9,12H2,1-4H3. The van der Waals surface area contributed by atoms with Crippen LogP contribution in [0.25, 0.3) is 0 Å². The van der Waals surface area contributed by atoms with Gasteiger partial charge in [0.05, 0.1) is 26.5 Å². The van der Waals surface area contributed by atoms with Crippen LogP contribution in [0.5, 0.6) is 11.5 Å². The fourth-order valence-corrected chi connectivity index (χ4v) is 2.88. The van der Waals surface area contributed by atoms with Crippen molar-refractivity contribution in [1.82, 2.24) is 0 Å². The summed E-state index contributed by atoms with van der Waals surface area (Å²) in [5, 5.41) is 9.64. The molecule has 0 atom stereocenters. The first kappa shape index (κ1) is 16.0. The molecule has 1 aromatic rings. The van der Waals surface area contributed by atoms with Crippen LogP contribution in [0.1, 0.15) is 38.7 Å². The molecule has 0 saturated carbocycles. The number of piperidine rings is 1. The molecule has 2 rings (SSSR count). The highest BCUT2D eigenvalue weighted by Crippen LogP contribution is 2.41. The lowest BCUT2D eigenvalue weighted by Gasteiger charge is -2.32. The Morgan fingerprint density at radius 2 is 1.67 bits per heavy atom. The van der Waals surface area contributed by atoms with Crippen LogP contribution in [0.15, 0.2) is 12.1 Å². The second-order valence-electron chi connectivity index (χ2n) is 6.31. The Kier molecular flexibility index (Phi) is 4.99. The molecule has 4 heteroatoms. The normalized spacial score (nSPS) is 16.0. The molecular weight excluding hydrogens is 266 g/mol. The van der Waals surface area contributed by atoms with Crippen LogP contribution in [0.3, 0.4) is 0 Å². The Morgan fingerprint density at radius 1 is 1.05 bits per heavy atom. The van der Waals surface area contributed by atoms with Crippen LogP contribution in [0.2, 0.25) is 0 Å². The van der Waals surface area contributed by atoms with Crippen molar-refractivity contribution in [3.8, 4) is 11.5 Å². The third-order valence-electron chi connectivity index (χ3n) is 4.32. The molecule has 1 aliphatic rings. The monoisotopic (exact) mass is 293 g/mol. The van der Waals surface area contributed by atoms with Gasteiger partial charge in [0, 0.05) is 30.1 Å². The minimum Gasteiger partial charge on any atom is -0.496 e. The maximum Gasteiger partial charge on any atom is 0.142 e. The van der Waals surface area contributed by atoms with E-state index in [1.807, 2.05) is 19.9 Å². The van der Waals surface area contributed by atoms with E-state index in [2.05, 4.69) is 11.0 Å². The maximum absolute atomic E-state index is 9.64. The molecular formula is C17H27NO3. The van der Waals surface area contributed by atoms with Gasteiger partial charge in [0.1, 0.15) is 11.5 Å². The number of aliphatic hydroxyl groups is 1. The highest BCUT2D eigenvalue weighted by atomic mass is 16.5. The van der Waals surface area contributed by atoms with Crippen molar-refractivity contribution < 1.29 is 14.6 Å². The van der Waals surface area contributed by atoms with Crippen LogP contribution >= 0.6 is 0 Å². The van der Waals surface area contributed by atoms with Gasteiger partial charge in [0.25, 0.3) is 0 Å². The van der Waals surface area contributed by atoms with E-state index in [-0.39, 0.29) is 12.0 Å². The summed E-state index contributed by atoms with van der Waals surface area (Å²) < 4.78 is 11.2. The lowest BCUT2D eigenvalue weighted by Crippen LogP contribution is -2.30. The van der Waals surface area contributed by atoms with Gasteiger partial charge < -0.3 is 19.5 Å². The van der Waals surface area contributed by atoms with E-state index in [1.54, 1.807) is 14.2 Å². The molecule has 1 aromatic carbocycles. The largest absolute Gasteiger partial charge is 0.496 e. The topological polar surface area (TPSA) is 41.9 Å². The number of methoxy groups -OCH3 is 2. The first-order chi connectivity index (χ1) is 10.0. The highest BCUT2D eigenvalue weighted by molar-refractivity contribution is 5.65. The fourth-order valence-electron chi connectivity index (χ4n) is 2.88. The molecule has 21 heavy (non-hydrogen) atoms. The SMILES string of the molecule is COc1cc(C(C)(C)CO)c(OC)cc1N1CCCCC1. The van der Waals surface area contributed by atoms with Crippen molar-refractivity contribution in [3.05, 3.63) is 17.7 Å². The summed E-state index contributed by atoms with van der Waals surface area (Å²) in [6.07, 6.45) is 3.73. The fraction of sp³-hybridized carbons (Fsp3) is 0.647. The Balaban J connectivity index is 2.47. The zero-order valence-electron chi connectivity index (χ0n) is 13.6. The molecule has 1 fully saturated rings. The number of anilines is 1. The average Bonchev–Trinajstić information content (AvgIpc) is 2.54. The first-order valence-corrected chi connectivity index (χ1v) is 7.66. The number of rotatable bonds is 5. The van der Waals surface area contributed by atoms with Gasteiger partial charge in [0.2, 0.25) is 0 Å². The third kappa shape index (κ3) is 3.26. The molecule has 0 unspecified atom stereocenters. The molecule has 118 valence electrons. The minimum atomic E-state index is -0.362. The molecule has 1 N–H and O–H groups in total. The van der Waals surface area contributed by atoms with Gasteiger partial charge in [-0.15, -0.1) is 0 Å². The van der Waals surface area contributed by atoms with Crippen molar-refractivity contribution in [3.63, 3.8) is 0 Å². The molecule has 1 saturated heterocycles. The molecule has 0 spiro atoms. The predicted octanol–water partition coefficient (Wildman–Crippen LogP) is 2.96. The second-order valence-corrected chi connectivity index (χ2v) is 6.31. The smallest absolute Gasteiger partial charge is 0.142 e. The van der Waals surface area contributed by atoms with Crippen LogP contribution in [-0.2, 0) is 5.41 Å². The number of benzene rings is 1. The summed E-state index contributed by atoms with van der Waals surface area (Å²) in [7, 11) is 3.38. The quantitative estimate of drug-likeness (QED) is 0.906. The number of hydrogen-bond donors (Lipinski definition) is 1. The number of aliphatic hydroxyl groups excluding tert-OH is 1. The third-order valence-corrected chi connectivity index (χ3v) is 4.32. The molecule has 0 aliphatic carbocycles. The highest BCUT2D eigenvalue weighted by Gasteiger charge is 2.27. The minimum absolute atomic E-state index is 0.0651. The van der Waals surface area contributed by atoms with Crippen LogP contribution in [-0.4, -0.2) is 39.0 Å². The van der Waals surface area contributed by atoms with E-state index in [0.29, 0.717) is 0 Å².